The van der Waals surface area contributed by atoms with Gasteiger partial charge >= 0.3 is 0 Å². The Hall–Kier alpha value is -0.930. The predicted octanol–water partition coefficient (Wildman–Crippen LogP) is 1.65. The zero-order valence-corrected chi connectivity index (χ0v) is 8.37. The highest BCUT2D eigenvalue weighted by Crippen LogP contribution is 1.98. The third-order valence-corrected chi connectivity index (χ3v) is 1.40. The molecule has 0 bridgehead atoms. The van der Waals surface area contributed by atoms with Gasteiger partial charge in [0.05, 0.1) is 0 Å². The molecular weight excluding hydrogens is 186 g/mol. The maximum Gasteiger partial charge on any atom is 0.115 e. The monoisotopic (exact) mass is 199 g/mol. The second-order valence-corrected chi connectivity index (χ2v) is 2.79. The summed E-state index contributed by atoms with van der Waals surface area (Å²) in [4.78, 5) is 7.78. The molecule has 0 spiro atoms. The lowest BCUT2D eigenvalue weighted by molar-refractivity contribution is 0.759. The highest BCUT2D eigenvalue weighted by molar-refractivity contribution is 5.85. The zero-order chi connectivity index (χ0) is 8.81. The van der Waals surface area contributed by atoms with Gasteiger partial charge in [0.2, 0.25) is 0 Å². The Morgan fingerprint density at radius 2 is 2.08 bits per heavy atom. The Balaban J connectivity index is 0.00000144. The molecule has 0 aliphatic carbocycles. The lowest BCUT2D eigenvalue weighted by Gasteiger charge is -1.96. The fourth-order valence-electron chi connectivity index (χ4n) is 0.815. The van der Waals surface area contributed by atoms with Crippen LogP contribution in [0.15, 0.2) is 24.8 Å². The molecule has 0 aliphatic heterocycles. The second kappa shape index (κ2) is 6.57. The van der Waals surface area contributed by atoms with Crippen LogP contribution < -0.4 is 5.73 Å². The van der Waals surface area contributed by atoms with Gasteiger partial charge in [-0.1, -0.05) is 12.2 Å². The van der Waals surface area contributed by atoms with Crippen LogP contribution in [-0.2, 0) is 0 Å². The molecule has 0 saturated heterocycles. The average Bonchev–Trinajstić information content (AvgIpc) is 2.05. The van der Waals surface area contributed by atoms with Crippen LogP contribution in [-0.4, -0.2) is 16.0 Å². The first-order valence-corrected chi connectivity index (χ1v) is 3.96. The summed E-state index contributed by atoms with van der Waals surface area (Å²) in [6.07, 6.45) is 9.94. The van der Waals surface area contributed by atoms with Gasteiger partial charge in [0.15, 0.2) is 0 Å². The minimum atomic E-state index is 0. The Kier molecular flexibility index (Phi) is 6.10. The number of hydrogen-bond donors (Lipinski definition) is 1. The lowest BCUT2D eigenvalue weighted by atomic mass is 10.2. The van der Waals surface area contributed by atoms with Gasteiger partial charge in [-0.15, -0.1) is 12.4 Å². The summed E-state index contributed by atoms with van der Waals surface area (Å²) in [5, 5.41) is 0. The van der Waals surface area contributed by atoms with E-state index in [0.29, 0.717) is 0 Å². The van der Waals surface area contributed by atoms with Crippen LogP contribution in [0.5, 0.6) is 0 Å². The fourth-order valence-corrected chi connectivity index (χ4v) is 0.815. The van der Waals surface area contributed by atoms with Crippen molar-refractivity contribution in [3.63, 3.8) is 0 Å². The molecule has 0 amide bonds. The first kappa shape index (κ1) is 12.1. The largest absolute Gasteiger partial charge is 0.328 e. The van der Waals surface area contributed by atoms with Crippen molar-refractivity contribution < 1.29 is 0 Å². The van der Waals surface area contributed by atoms with E-state index in [-0.39, 0.29) is 18.4 Å². The van der Waals surface area contributed by atoms with Gasteiger partial charge in [0.25, 0.3) is 0 Å². The summed E-state index contributed by atoms with van der Waals surface area (Å²) in [6.45, 7) is 1.98. The van der Waals surface area contributed by atoms with Gasteiger partial charge in [-0.05, 0) is 13.3 Å². The van der Waals surface area contributed by atoms with Crippen LogP contribution in [0, 0.1) is 0 Å². The molecule has 1 aromatic rings. The zero-order valence-electron chi connectivity index (χ0n) is 7.55. The Morgan fingerprint density at radius 1 is 1.46 bits per heavy atom. The molecular formula is C9H14ClN3. The summed E-state index contributed by atoms with van der Waals surface area (Å²) < 4.78 is 0. The molecule has 1 atom stereocenters. The molecule has 0 saturated carbocycles. The smallest absolute Gasteiger partial charge is 0.115 e. The van der Waals surface area contributed by atoms with Gasteiger partial charge in [-0.3, -0.25) is 0 Å². The minimum Gasteiger partial charge on any atom is -0.328 e. The lowest BCUT2D eigenvalue weighted by Crippen LogP contribution is -2.12. The maximum atomic E-state index is 5.57. The number of aromatic nitrogens is 2. The summed E-state index contributed by atoms with van der Waals surface area (Å²) >= 11 is 0. The van der Waals surface area contributed by atoms with Crippen molar-refractivity contribution in [1.82, 2.24) is 9.97 Å². The average molecular weight is 200 g/mol. The number of rotatable bonds is 3. The van der Waals surface area contributed by atoms with E-state index in [0.717, 1.165) is 12.0 Å². The molecule has 1 rings (SSSR count). The molecule has 13 heavy (non-hydrogen) atoms. The van der Waals surface area contributed by atoms with Crippen molar-refractivity contribution in [2.45, 2.75) is 19.4 Å². The van der Waals surface area contributed by atoms with Gasteiger partial charge in [0.1, 0.15) is 6.33 Å². The number of nitrogens with zero attached hydrogens (tertiary/aromatic N) is 2. The van der Waals surface area contributed by atoms with Crippen molar-refractivity contribution in [3.05, 3.63) is 30.4 Å². The number of nitrogens with two attached hydrogens (primary N) is 1. The molecule has 0 aromatic carbocycles. The molecule has 0 fully saturated rings. The standard InChI is InChI=1S/C9H13N3.ClH/c1-8(10)3-2-4-9-5-11-7-12-6-9;/h2,4-8H,3,10H2,1H3;1H. The molecule has 4 heteroatoms. The van der Waals surface area contributed by atoms with Gasteiger partial charge in [0, 0.05) is 24.0 Å². The van der Waals surface area contributed by atoms with E-state index in [2.05, 4.69) is 9.97 Å². The Labute approximate surface area is 84.5 Å². The number of hydrogen-bond acceptors (Lipinski definition) is 3. The molecule has 0 aliphatic rings. The maximum absolute atomic E-state index is 5.57. The van der Waals surface area contributed by atoms with Crippen LogP contribution in [0.25, 0.3) is 6.08 Å². The van der Waals surface area contributed by atoms with E-state index >= 15 is 0 Å². The van der Waals surface area contributed by atoms with E-state index in [1.165, 1.54) is 6.33 Å². The van der Waals surface area contributed by atoms with E-state index in [9.17, 15) is 0 Å². The van der Waals surface area contributed by atoms with Crippen LogP contribution in [0.4, 0.5) is 0 Å². The topological polar surface area (TPSA) is 51.8 Å². The van der Waals surface area contributed by atoms with Gasteiger partial charge < -0.3 is 5.73 Å². The molecule has 72 valence electrons. The molecule has 3 nitrogen and oxygen atoms in total. The van der Waals surface area contributed by atoms with Crippen molar-refractivity contribution in [2.24, 2.45) is 5.73 Å². The van der Waals surface area contributed by atoms with Gasteiger partial charge in [-0.2, -0.15) is 0 Å². The highest BCUT2D eigenvalue weighted by atomic mass is 35.5. The normalized spacial score (nSPS) is 12.5. The van der Waals surface area contributed by atoms with E-state index in [1.807, 2.05) is 19.1 Å². The predicted molar refractivity (Wildman–Crippen MR) is 56.6 cm³/mol. The molecule has 1 aromatic heterocycles. The molecule has 1 heterocycles. The van der Waals surface area contributed by atoms with Crippen molar-refractivity contribution in [1.29, 1.82) is 0 Å². The van der Waals surface area contributed by atoms with Crippen molar-refractivity contribution in [3.8, 4) is 0 Å². The quantitative estimate of drug-likeness (QED) is 0.806. The van der Waals surface area contributed by atoms with E-state index < -0.39 is 0 Å². The minimum absolute atomic E-state index is 0. The SMILES string of the molecule is CC(N)CC=Cc1cncnc1.Cl. The number of halogens is 1. The first-order chi connectivity index (χ1) is 5.79. The third kappa shape index (κ3) is 5.33. The second-order valence-electron chi connectivity index (χ2n) is 2.79. The van der Waals surface area contributed by atoms with Gasteiger partial charge in [-0.25, -0.2) is 9.97 Å². The van der Waals surface area contributed by atoms with E-state index in [4.69, 9.17) is 5.73 Å². The van der Waals surface area contributed by atoms with Crippen LogP contribution in [0.3, 0.4) is 0 Å². The third-order valence-electron chi connectivity index (χ3n) is 1.40. The van der Waals surface area contributed by atoms with Crippen molar-refractivity contribution in [2.75, 3.05) is 0 Å². The first-order valence-electron chi connectivity index (χ1n) is 3.96. The van der Waals surface area contributed by atoms with Crippen molar-refractivity contribution >= 4 is 18.5 Å². The fraction of sp³-hybridized carbons (Fsp3) is 0.333. The summed E-state index contributed by atoms with van der Waals surface area (Å²) in [5.41, 5.74) is 6.59. The van der Waals surface area contributed by atoms with Crippen LogP contribution in [0.2, 0.25) is 0 Å². The Morgan fingerprint density at radius 3 is 2.62 bits per heavy atom. The molecule has 0 radical (unpaired) electrons. The van der Waals surface area contributed by atoms with E-state index in [1.54, 1.807) is 12.4 Å². The highest BCUT2D eigenvalue weighted by Gasteiger charge is 1.88. The summed E-state index contributed by atoms with van der Waals surface area (Å²) in [6, 6.07) is 0.214. The summed E-state index contributed by atoms with van der Waals surface area (Å²) in [5.74, 6) is 0. The van der Waals surface area contributed by atoms with Crippen LogP contribution >= 0.6 is 12.4 Å². The summed E-state index contributed by atoms with van der Waals surface area (Å²) in [7, 11) is 0. The molecule has 2 N–H and O–H groups in total. The van der Waals surface area contributed by atoms with Crippen LogP contribution in [0.1, 0.15) is 18.9 Å². The molecule has 1 unspecified atom stereocenters. The Bertz CT molecular complexity index is 246.